The van der Waals surface area contributed by atoms with Crippen molar-refractivity contribution in [3.8, 4) is 0 Å². The number of benzene rings is 2. The third-order valence-electron chi connectivity index (χ3n) is 4.32. The summed E-state index contributed by atoms with van der Waals surface area (Å²) in [5.74, 6) is -1.31. The van der Waals surface area contributed by atoms with Crippen LogP contribution in [0.4, 0.5) is 15.8 Å². The molecule has 0 atom stereocenters. The van der Waals surface area contributed by atoms with Gasteiger partial charge in [-0.2, -0.15) is 0 Å². The number of halogens is 1. The van der Waals surface area contributed by atoms with Crippen LogP contribution in [0.5, 0.6) is 0 Å². The van der Waals surface area contributed by atoms with E-state index in [2.05, 4.69) is 10.6 Å². The molecule has 25 heavy (non-hydrogen) atoms. The van der Waals surface area contributed by atoms with Crippen molar-refractivity contribution in [2.45, 2.75) is 31.3 Å². The van der Waals surface area contributed by atoms with Gasteiger partial charge in [-0.3, -0.25) is 9.59 Å². The van der Waals surface area contributed by atoms with E-state index >= 15 is 0 Å². The summed E-state index contributed by atoms with van der Waals surface area (Å²) in [6.45, 7) is 0. The number of amides is 2. The average molecular weight is 342 g/mol. The Labute approximate surface area is 144 Å². The van der Waals surface area contributed by atoms with Crippen LogP contribution in [0.15, 0.2) is 48.5 Å². The van der Waals surface area contributed by atoms with Crippen LogP contribution >= 0.6 is 0 Å². The highest BCUT2D eigenvalue weighted by Gasteiger charge is 2.38. The van der Waals surface area contributed by atoms with Crippen molar-refractivity contribution < 1.29 is 19.1 Å². The van der Waals surface area contributed by atoms with Crippen LogP contribution in [0.1, 0.15) is 36.0 Å². The number of hydrogen-bond donors (Lipinski definition) is 3. The van der Waals surface area contributed by atoms with Gasteiger partial charge in [0.25, 0.3) is 11.8 Å². The maximum Gasteiger partial charge on any atom is 0.256 e. The summed E-state index contributed by atoms with van der Waals surface area (Å²) in [6, 6.07) is 12.0. The monoisotopic (exact) mass is 342 g/mol. The maximum atomic E-state index is 13.2. The fourth-order valence-electron chi connectivity index (χ4n) is 2.94. The summed E-state index contributed by atoms with van der Waals surface area (Å²) < 4.78 is 13.2. The van der Waals surface area contributed by atoms with Crippen molar-refractivity contribution in [1.29, 1.82) is 0 Å². The molecule has 5 nitrogen and oxygen atoms in total. The molecule has 0 saturated heterocycles. The molecule has 0 heterocycles. The van der Waals surface area contributed by atoms with Gasteiger partial charge in [-0.05, 0) is 62.1 Å². The van der Waals surface area contributed by atoms with Gasteiger partial charge in [-0.15, -0.1) is 0 Å². The van der Waals surface area contributed by atoms with Crippen molar-refractivity contribution in [1.82, 2.24) is 0 Å². The molecular weight excluding hydrogens is 323 g/mol. The van der Waals surface area contributed by atoms with Crippen LogP contribution in [0.2, 0.25) is 0 Å². The minimum atomic E-state index is -1.33. The van der Waals surface area contributed by atoms with Crippen molar-refractivity contribution in [2.24, 2.45) is 0 Å². The number of aliphatic hydroxyl groups is 1. The minimum Gasteiger partial charge on any atom is -0.380 e. The predicted octanol–water partition coefficient (Wildman–Crippen LogP) is 3.32. The Morgan fingerprint density at radius 2 is 1.60 bits per heavy atom. The number of anilines is 2. The highest BCUT2D eigenvalue weighted by molar-refractivity contribution is 6.05. The first-order chi connectivity index (χ1) is 12.0. The van der Waals surface area contributed by atoms with Crippen LogP contribution in [-0.4, -0.2) is 22.5 Å². The second-order valence-electron chi connectivity index (χ2n) is 6.24. The number of carbonyl (C=O) groups excluding carboxylic acids is 2. The summed E-state index contributed by atoms with van der Waals surface area (Å²) in [7, 11) is 0. The Balaban J connectivity index is 1.70. The largest absolute Gasteiger partial charge is 0.380 e. The van der Waals surface area contributed by atoms with Gasteiger partial charge < -0.3 is 15.7 Å². The highest BCUT2D eigenvalue weighted by atomic mass is 19.1. The average Bonchev–Trinajstić information content (AvgIpc) is 3.03. The molecule has 0 aliphatic heterocycles. The minimum absolute atomic E-state index is 0.320. The van der Waals surface area contributed by atoms with Crippen molar-refractivity contribution in [2.75, 3.05) is 10.6 Å². The van der Waals surface area contributed by atoms with Gasteiger partial charge in [0, 0.05) is 16.9 Å². The normalized spacial score (nSPS) is 15.6. The van der Waals surface area contributed by atoms with Crippen LogP contribution in [0, 0.1) is 5.82 Å². The first-order valence-electron chi connectivity index (χ1n) is 8.17. The van der Waals surface area contributed by atoms with E-state index in [-0.39, 0.29) is 0 Å². The van der Waals surface area contributed by atoms with Gasteiger partial charge in [0.1, 0.15) is 11.4 Å². The third-order valence-corrected chi connectivity index (χ3v) is 4.32. The first-order valence-corrected chi connectivity index (χ1v) is 8.17. The molecule has 6 heteroatoms. The van der Waals surface area contributed by atoms with E-state index in [1.807, 2.05) is 0 Å². The second kappa shape index (κ2) is 7.03. The molecule has 0 unspecified atom stereocenters. The van der Waals surface area contributed by atoms with E-state index in [4.69, 9.17) is 0 Å². The Bertz CT molecular complexity index is 801. The number of rotatable bonds is 4. The zero-order chi connectivity index (χ0) is 17.9. The fourth-order valence-corrected chi connectivity index (χ4v) is 2.94. The van der Waals surface area contributed by atoms with E-state index in [1.165, 1.54) is 24.3 Å². The molecule has 0 bridgehead atoms. The SMILES string of the molecule is O=C(Nc1cccc(F)c1)c1cccc(NC(=O)C2(O)CCCC2)c1. The molecule has 1 saturated carbocycles. The van der Waals surface area contributed by atoms with Gasteiger partial charge in [-0.25, -0.2) is 4.39 Å². The molecule has 0 spiro atoms. The molecule has 0 aromatic heterocycles. The fraction of sp³-hybridized carbons (Fsp3) is 0.263. The van der Waals surface area contributed by atoms with Crippen molar-refractivity contribution in [3.05, 3.63) is 59.9 Å². The Morgan fingerprint density at radius 3 is 2.28 bits per heavy atom. The number of nitrogens with one attached hydrogen (secondary N) is 2. The molecule has 2 aromatic rings. The van der Waals surface area contributed by atoms with Gasteiger partial charge >= 0.3 is 0 Å². The Kier molecular flexibility index (Phi) is 4.81. The third kappa shape index (κ3) is 4.03. The van der Waals surface area contributed by atoms with Crippen LogP contribution in [-0.2, 0) is 4.79 Å². The topological polar surface area (TPSA) is 78.4 Å². The van der Waals surface area contributed by atoms with Crippen LogP contribution in [0.3, 0.4) is 0 Å². The maximum absolute atomic E-state index is 13.2. The molecule has 3 N–H and O–H groups in total. The summed E-state index contributed by atoms with van der Waals surface area (Å²) in [4.78, 5) is 24.5. The van der Waals surface area contributed by atoms with Crippen molar-refractivity contribution >= 4 is 23.2 Å². The zero-order valence-corrected chi connectivity index (χ0v) is 13.6. The molecule has 1 aliphatic carbocycles. The smallest absolute Gasteiger partial charge is 0.256 e. The van der Waals surface area contributed by atoms with Crippen molar-refractivity contribution in [3.63, 3.8) is 0 Å². The van der Waals surface area contributed by atoms with Gasteiger partial charge in [0.05, 0.1) is 0 Å². The molecule has 1 fully saturated rings. The quantitative estimate of drug-likeness (QED) is 0.797. The number of hydrogen-bond acceptors (Lipinski definition) is 3. The molecule has 2 amide bonds. The molecule has 3 rings (SSSR count). The van der Waals surface area contributed by atoms with Gasteiger partial charge in [0.2, 0.25) is 0 Å². The standard InChI is InChI=1S/C19H19FN2O3/c20-14-6-4-8-16(12-14)21-17(23)13-5-3-7-15(11-13)22-18(24)19(25)9-1-2-10-19/h3-8,11-12,25H,1-2,9-10H2,(H,21,23)(H,22,24). The summed E-state index contributed by atoms with van der Waals surface area (Å²) in [5.41, 5.74) is -0.239. The first kappa shape index (κ1) is 17.1. The van der Waals surface area contributed by atoms with E-state index in [0.717, 1.165) is 12.8 Å². The second-order valence-corrected chi connectivity index (χ2v) is 6.24. The zero-order valence-electron chi connectivity index (χ0n) is 13.6. The molecule has 1 aliphatic rings. The lowest BCUT2D eigenvalue weighted by Gasteiger charge is -2.21. The van der Waals surface area contributed by atoms with E-state index < -0.39 is 23.2 Å². The lowest BCUT2D eigenvalue weighted by Crippen LogP contribution is -2.40. The van der Waals surface area contributed by atoms with E-state index in [9.17, 15) is 19.1 Å². The Morgan fingerprint density at radius 1 is 0.960 bits per heavy atom. The molecular formula is C19H19FN2O3. The Hall–Kier alpha value is -2.73. The van der Waals surface area contributed by atoms with E-state index in [0.29, 0.717) is 29.8 Å². The summed E-state index contributed by atoms with van der Waals surface area (Å²) in [6.07, 6.45) is 2.52. The van der Waals surface area contributed by atoms with Crippen LogP contribution < -0.4 is 10.6 Å². The highest BCUT2D eigenvalue weighted by Crippen LogP contribution is 2.30. The van der Waals surface area contributed by atoms with Crippen LogP contribution in [0.25, 0.3) is 0 Å². The summed E-state index contributed by atoms with van der Waals surface area (Å²) in [5, 5.41) is 15.6. The van der Waals surface area contributed by atoms with Gasteiger partial charge in [0.15, 0.2) is 0 Å². The molecule has 0 radical (unpaired) electrons. The van der Waals surface area contributed by atoms with E-state index in [1.54, 1.807) is 24.3 Å². The van der Waals surface area contributed by atoms with Gasteiger partial charge in [-0.1, -0.05) is 12.1 Å². The molecule has 2 aromatic carbocycles. The number of carbonyl (C=O) groups is 2. The lowest BCUT2D eigenvalue weighted by atomic mass is 10.0. The lowest BCUT2D eigenvalue weighted by molar-refractivity contribution is -0.133. The molecule has 130 valence electrons. The predicted molar refractivity (Wildman–Crippen MR) is 92.8 cm³/mol. The summed E-state index contributed by atoms with van der Waals surface area (Å²) >= 11 is 0.